The summed E-state index contributed by atoms with van der Waals surface area (Å²) in [7, 11) is 0. The molecule has 1 aliphatic heterocycles. The fraction of sp³-hybridized carbons (Fsp3) is 0.562. The Bertz CT molecular complexity index is 471. The Hall–Kier alpha value is -1.71. The van der Waals surface area contributed by atoms with Gasteiger partial charge in [0.15, 0.2) is 0 Å². The molecule has 0 unspecified atom stereocenters. The number of nitrogen functional groups attached to an aromatic ring is 1. The summed E-state index contributed by atoms with van der Waals surface area (Å²) in [6, 6.07) is 7.93. The first-order chi connectivity index (χ1) is 9.35. The molecule has 4 nitrogen and oxygen atoms in total. The van der Waals surface area contributed by atoms with Crippen molar-refractivity contribution in [2.75, 3.05) is 36.8 Å². The summed E-state index contributed by atoms with van der Waals surface area (Å²) >= 11 is 0. The van der Waals surface area contributed by atoms with Gasteiger partial charge in [-0.1, -0.05) is 26.8 Å². The standard InChI is InChI=1S/C16H25N3O/c1-16(2,3)12-15(20)19-9-7-18(8-10-19)14-6-4-5-13(17)11-14/h4-6,11H,7-10,12,17H2,1-3H3. The first-order valence-electron chi connectivity index (χ1n) is 7.23. The summed E-state index contributed by atoms with van der Waals surface area (Å²) in [4.78, 5) is 16.5. The molecule has 0 saturated carbocycles. The van der Waals surface area contributed by atoms with Crippen LogP contribution in [0.5, 0.6) is 0 Å². The van der Waals surface area contributed by atoms with Gasteiger partial charge in [0.1, 0.15) is 0 Å². The Morgan fingerprint density at radius 3 is 2.40 bits per heavy atom. The molecule has 1 saturated heterocycles. The second-order valence-electron chi connectivity index (χ2n) is 6.70. The van der Waals surface area contributed by atoms with E-state index in [4.69, 9.17) is 5.73 Å². The van der Waals surface area contributed by atoms with Crippen molar-refractivity contribution in [3.05, 3.63) is 24.3 Å². The van der Waals surface area contributed by atoms with Crippen LogP contribution in [0.3, 0.4) is 0 Å². The quantitative estimate of drug-likeness (QED) is 0.843. The van der Waals surface area contributed by atoms with E-state index in [1.807, 2.05) is 23.1 Å². The molecule has 1 aromatic carbocycles. The van der Waals surface area contributed by atoms with Crippen LogP contribution in [0.15, 0.2) is 24.3 Å². The van der Waals surface area contributed by atoms with E-state index in [1.165, 1.54) is 0 Å². The zero-order valence-electron chi connectivity index (χ0n) is 12.7. The van der Waals surface area contributed by atoms with Crippen LogP contribution in [0.1, 0.15) is 27.2 Å². The minimum Gasteiger partial charge on any atom is -0.399 e. The van der Waals surface area contributed by atoms with Crippen LogP contribution in [0.4, 0.5) is 11.4 Å². The first-order valence-corrected chi connectivity index (χ1v) is 7.23. The SMILES string of the molecule is CC(C)(C)CC(=O)N1CCN(c2cccc(N)c2)CC1. The summed E-state index contributed by atoms with van der Waals surface area (Å²) in [5, 5.41) is 0. The lowest BCUT2D eigenvalue weighted by molar-refractivity contribution is -0.133. The van der Waals surface area contributed by atoms with Crippen molar-refractivity contribution in [2.24, 2.45) is 5.41 Å². The van der Waals surface area contributed by atoms with E-state index >= 15 is 0 Å². The van der Waals surface area contributed by atoms with Gasteiger partial charge in [-0.15, -0.1) is 0 Å². The monoisotopic (exact) mass is 275 g/mol. The molecule has 1 aromatic rings. The van der Waals surface area contributed by atoms with Gasteiger partial charge in [0.25, 0.3) is 0 Å². The highest BCUT2D eigenvalue weighted by Gasteiger charge is 2.24. The zero-order valence-corrected chi connectivity index (χ0v) is 12.7. The number of carbonyl (C=O) groups excluding carboxylic acids is 1. The van der Waals surface area contributed by atoms with E-state index < -0.39 is 0 Å². The van der Waals surface area contributed by atoms with E-state index in [9.17, 15) is 4.79 Å². The number of piperazine rings is 1. The largest absolute Gasteiger partial charge is 0.399 e. The van der Waals surface area contributed by atoms with Crippen LogP contribution in [0.25, 0.3) is 0 Å². The third-order valence-electron chi connectivity index (χ3n) is 3.55. The predicted octanol–water partition coefficient (Wildman–Crippen LogP) is 2.35. The molecule has 0 aliphatic carbocycles. The van der Waals surface area contributed by atoms with Crippen molar-refractivity contribution in [3.63, 3.8) is 0 Å². The maximum Gasteiger partial charge on any atom is 0.223 e. The van der Waals surface area contributed by atoms with Crippen LogP contribution >= 0.6 is 0 Å². The first kappa shape index (κ1) is 14.7. The molecule has 110 valence electrons. The molecule has 0 spiro atoms. The molecule has 0 radical (unpaired) electrons. The number of carbonyl (C=O) groups is 1. The number of nitrogens with two attached hydrogens (primary N) is 1. The summed E-state index contributed by atoms with van der Waals surface area (Å²) in [5.74, 6) is 0.268. The van der Waals surface area contributed by atoms with E-state index in [2.05, 4.69) is 31.7 Å². The minimum atomic E-state index is 0.0576. The average molecular weight is 275 g/mol. The topological polar surface area (TPSA) is 49.6 Å². The normalized spacial score (nSPS) is 16.4. The van der Waals surface area contributed by atoms with E-state index in [0.717, 1.165) is 37.6 Å². The summed E-state index contributed by atoms with van der Waals surface area (Å²) in [6.07, 6.45) is 0.616. The lowest BCUT2D eigenvalue weighted by Gasteiger charge is -2.37. The molecular formula is C16H25N3O. The van der Waals surface area contributed by atoms with Gasteiger partial charge in [-0.3, -0.25) is 4.79 Å². The Labute approximate surface area is 121 Å². The number of amides is 1. The highest BCUT2D eigenvalue weighted by atomic mass is 16.2. The van der Waals surface area contributed by atoms with Gasteiger partial charge >= 0.3 is 0 Å². The zero-order chi connectivity index (χ0) is 14.8. The predicted molar refractivity (Wildman–Crippen MR) is 83.7 cm³/mol. The highest BCUT2D eigenvalue weighted by Crippen LogP contribution is 2.22. The molecule has 1 aliphatic rings. The fourth-order valence-electron chi connectivity index (χ4n) is 2.50. The van der Waals surface area contributed by atoms with Gasteiger partial charge < -0.3 is 15.5 Å². The van der Waals surface area contributed by atoms with Gasteiger partial charge in [-0.05, 0) is 23.6 Å². The van der Waals surface area contributed by atoms with Gasteiger partial charge in [-0.25, -0.2) is 0 Å². The summed E-state index contributed by atoms with van der Waals surface area (Å²) in [5.41, 5.74) is 7.81. The Kier molecular flexibility index (Phi) is 4.21. The summed E-state index contributed by atoms with van der Waals surface area (Å²) in [6.45, 7) is 9.65. The van der Waals surface area contributed by atoms with Crippen molar-refractivity contribution < 1.29 is 4.79 Å². The van der Waals surface area contributed by atoms with Crippen LogP contribution < -0.4 is 10.6 Å². The fourth-order valence-corrected chi connectivity index (χ4v) is 2.50. The molecule has 0 atom stereocenters. The molecule has 1 fully saturated rings. The van der Waals surface area contributed by atoms with Gasteiger partial charge in [-0.2, -0.15) is 0 Å². The molecule has 2 N–H and O–H groups in total. The number of hydrogen-bond acceptors (Lipinski definition) is 3. The third kappa shape index (κ3) is 3.89. The Balaban J connectivity index is 1.91. The summed E-state index contributed by atoms with van der Waals surface area (Å²) < 4.78 is 0. The van der Waals surface area contributed by atoms with Crippen molar-refractivity contribution in [1.29, 1.82) is 0 Å². The van der Waals surface area contributed by atoms with Crippen molar-refractivity contribution in [3.8, 4) is 0 Å². The second-order valence-corrected chi connectivity index (χ2v) is 6.70. The molecule has 0 aromatic heterocycles. The maximum absolute atomic E-state index is 12.2. The number of nitrogens with zero attached hydrogens (tertiary/aromatic N) is 2. The average Bonchev–Trinajstić information content (AvgIpc) is 2.37. The van der Waals surface area contributed by atoms with Gasteiger partial charge in [0, 0.05) is 44.0 Å². The second kappa shape index (κ2) is 5.73. The minimum absolute atomic E-state index is 0.0576. The van der Waals surface area contributed by atoms with Crippen LogP contribution in [-0.4, -0.2) is 37.0 Å². The van der Waals surface area contributed by atoms with Gasteiger partial charge in [0.2, 0.25) is 5.91 Å². The molecule has 0 bridgehead atoms. The molecule has 4 heteroatoms. The smallest absolute Gasteiger partial charge is 0.223 e. The number of hydrogen-bond donors (Lipinski definition) is 1. The lowest BCUT2D eigenvalue weighted by Crippen LogP contribution is -2.49. The highest BCUT2D eigenvalue weighted by molar-refractivity contribution is 5.77. The maximum atomic E-state index is 12.2. The van der Waals surface area contributed by atoms with Crippen molar-refractivity contribution in [2.45, 2.75) is 27.2 Å². The Morgan fingerprint density at radius 1 is 1.20 bits per heavy atom. The molecule has 2 rings (SSSR count). The Morgan fingerprint density at radius 2 is 1.85 bits per heavy atom. The van der Waals surface area contributed by atoms with E-state index in [-0.39, 0.29) is 11.3 Å². The van der Waals surface area contributed by atoms with Crippen LogP contribution in [0.2, 0.25) is 0 Å². The molecular weight excluding hydrogens is 250 g/mol. The number of benzene rings is 1. The van der Waals surface area contributed by atoms with Gasteiger partial charge in [0.05, 0.1) is 0 Å². The van der Waals surface area contributed by atoms with Crippen LogP contribution in [0, 0.1) is 5.41 Å². The van der Waals surface area contributed by atoms with E-state index in [0.29, 0.717) is 6.42 Å². The van der Waals surface area contributed by atoms with Crippen molar-refractivity contribution in [1.82, 2.24) is 4.90 Å². The molecule has 1 amide bonds. The van der Waals surface area contributed by atoms with Crippen LogP contribution in [-0.2, 0) is 4.79 Å². The number of anilines is 2. The molecule has 1 heterocycles. The number of rotatable bonds is 2. The molecule has 20 heavy (non-hydrogen) atoms. The lowest BCUT2D eigenvalue weighted by atomic mass is 9.91. The van der Waals surface area contributed by atoms with Crippen molar-refractivity contribution >= 4 is 17.3 Å². The third-order valence-corrected chi connectivity index (χ3v) is 3.55. The van der Waals surface area contributed by atoms with E-state index in [1.54, 1.807) is 0 Å².